The Bertz CT molecular complexity index is 838. The number of nitrogens with one attached hydrogen (secondary N) is 3. The molecule has 26 heavy (non-hydrogen) atoms. The van der Waals surface area contributed by atoms with Crippen molar-refractivity contribution in [1.82, 2.24) is 5.32 Å². The van der Waals surface area contributed by atoms with Gasteiger partial charge in [0.1, 0.15) is 0 Å². The van der Waals surface area contributed by atoms with Crippen LogP contribution in [-0.4, -0.2) is 12.5 Å². The number of fused-ring (bicyclic) bond motifs is 1. The maximum Gasteiger partial charge on any atom is 0.258 e. The number of nitrogen functional groups attached to an aromatic ring is 1. The number of allylic oxidation sites excluding steroid dienone is 1. The van der Waals surface area contributed by atoms with Gasteiger partial charge in [0.25, 0.3) is 5.91 Å². The van der Waals surface area contributed by atoms with Gasteiger partial charge in [0.05, 0.1) is 5.57 Å². The van der Waals surface area contributed by atoms with Crippen LogP contribution in [0.15, 0.2) is 48.2 Å². The quantitative estimate of drug-likeness (QED) is 0.472. The molecule has 2 aromatic rings. The first-order valence-corrected chi connectivity index (χ1v) is 8.93. The molecule has 5 nitrogen and oxygen atoms in total. The fourth-order valence-corrected chi connectivity index (χ4v) is 3.05. The molecule has 3 rings (SSSR count). The molecular weight excluding hydrogens is 324 g/mol. The van der Waals surface area contributed by atoms with Crippen LogP contribution in [-0.2, 0) is 11.3 Å². The maximum atomic E-state index is 12.3. The molecule has 5 N–H and O–H groups in total. The molecular formula is C21H26N4O. The molecule has 0 saturated carbocycles. The van der Waals surface area contributed by atoms with E-state index in [0.29, 0.717) is 17.2 Å². The lowest BCUT2D eigenvalue weighted by atomic mass is 10.0. The van der Waals surface area contributed by atoms with Crippen molar-refractivity contribution in [2.24, 2.45) is 5.92 Å². The molecule has 5 heteroatoms. The van der Waals surface area contributed by atoms with Gasteiger partial charge >= 0.3 is 0 Å². The van der Waals surface area contributed by atoms with E-state index >= 15 is 0 Å². The largest absolute Gasteiger partial charge is 0.399 e. The highest BCUT2D eigenvalue weighted by atomic mass is 16.2. The fraction of sp³-hybridized carbons (Fsp3) is 0.286. The first-order valence-electron chi connectivity index (χ1n) is 8.93. The van der Waals surface area contributed by atoms with Crippen LogP contribution >= 0.6 is 0 Å². The van der Waals surface area contributed by atoms with Crippen molar-refractivity contribution in [3.8, 4) is 0 Å². The van der Waals surface area contributed by atoms with Crippen LogP contribution in [0.4, 0.5) is 17.1 Å². The Balaban J connectivity index is 1.74. The van der Waals surface area contributed by atoms with Crippen molar-refractivity contribution in [3.05, 3.63) is 59.3 Å². The summed E-state index contributed by atoms with van der Waals surface area (Å²) in [5.74, 6) is 0.532. The van der Waals surface area contributed by atoms with Crippen molar-refractivity contribution in [3.63, 3.8) is 0 Å². The molecule has 0 fully saturated rings. The Hall–Kier alpha value is -2.79. The molecule has 0 aliphatic carbocycles. The molecule has 0 spiro atoms. The zero-order chi connectivity index (χ0) is 18.7. The average Bonchev–Trinajstić information content (AvgIpc) is 2.91. The van der Waals surface area contributed by atoms with E-state index < -0.39 is 0 Å². The van der Waals surface area contributed by atoms with Gasteiger partial charge in [-0.3, -0.25) is 4.79 Å². The summed E-state index contributed by atoms with van der Waals surface area (Å²) in [5, 5.41) is 9.65. The lowest BCUT2D eigenvalue weighted by Gasteiger charge is -2.11. The Morgan fingerprint density at radius 2 is 1.88 bits per heavy atom. The summed E-state index contributed by atoms with van der Waals surface area (Å²) in [5.41, 5.74) is 11.8. The third-order valence-electron chi connectivity index (χ3n) is 4.33. The van der Waals surface area contributed by atoms with Gasteiger partial charge < -0.3 is 21.7 Å². The van der Waals surface area contributed by atoms with Crippen molar-refractivity contribution in [2.45, 2.75) is 27.3 Å². The number of carbonyl (C=O) groups is 1. The van der Waals surface area contributed by atoms with E-state index in [-0.39, 0.29) is 5.91 Å². The number of carbonyl (C=O) groups excluding carboxylic acids is 1. The smallest absolute Gasteiger partial charge is 0.258 e. The van der Waals surface area contributed by atoms with Crippen LogP contribution in [0, 0.1) is 5.92 Å². The molecule has 1 aliphatic rings. The minimum absolute atomic E-state index is 0.106. The van der Waals surface area contributed by atoms with Crippen LogP contribution in [0.1, 0.15) is 31.9 Å². The molecule has 0 saturated heterocycles. The molecule has 0 aromatic heterocycles. The molecule has 0 radical (unpaired) electrons. The van der Waals surface area contributed by atoms with Crippen molar-refractivity contribution in [2.75, 3.05) is 22.9 Å². The molecule has 0 unspecified atom stereocenters. The number of amides is 1. The average molecular weight is 350 g/mol. The van der Waals surface area contributed by atoms with E-state index in [2.05, 4.69) is 41.9 Å². The number of benzene rings is 2. The van der Waals surface area contributed by atoms with Gasteiger partial charge in [-0.1, -0.05) is 26.0 Å². The summed E-state index contributed by atoms with van der Waals surface area (Å²) in [6, 6.07) is 13.7. The van der Waals surface area contributed by atoms with E-state index in [1.165, 1.54) is 5.56 Å². The highest BCUT2D eigenvalue weighted by Crippen LogP contribution is 2.35. The predicted octanol–water partition coefficient (Wildman–Crippen LogP) is 3.81. The zero-order valence-corrected chi connectivity index (χ0v) is 15.5. The Morgan fingerprint density at radius 3 is 2.58 bits per heavy atom. The van der Waals surface area contributed by atoms with Crippen LogP contribution in [0.5, 0.6) is 0 Å². The third-order valence-corrected chi connectivity index (χ3v) is 4.33. The summed E-state index contributed by atoms with van der Waals surface area (Å²) >= 11 is 0. The zero-order valence-electron chi connectivity index (χ0n) is 15.5. The predicted molar refractivity (Wildman–Crippen MR) is 109 cm³/mol. The molecule has 1 aliphatic heterocycles. The van der Waals surface area contributed by atoms with Crippen molar-refractivity contribution in [1.29, 1.82) is 0 Å². The Kier molecular flexibility index (Phi) is 5.28. The molecule has 0 atom stereocenters. The second kappa shape index (κ2) is 7.62. The van der Waals surface area contributed by atoms with Crippen molar-refractivity contribution >= 4 is 28.5 Å². The Morgan fingerprint density at radius 1 is 1.15 bits per heavy atom. The van der Waals surface area contributed by atoms with E-state index in [4.69, 9.17) is 5.73 Å². The number of nitrogens with two attached hydrogens (primary N) is 1. The van der Waals surface area contributed by atoms with Crippen LogP contribution in [0.2, 0.25) is 0 Å². The van der Waals surface area contributed by atoms with E-state index in [1.54, 1.807) is 6.07 Å². The summed E-state index contributed by atoms with van der Waals surface area (Å²) in [7, 11) is 0. The van der Waals surface area contributed by atoms with E-state index in [9.17, 15) is 4.79 Å². The van der Waals surface area contributed by atoms with Crippen LogP contribution in [0.25, 0.3) is 5.57 Å². The second-order valence-electron chi connectivity index (χ2n) is 7.11. The normalized spacial score (nSPS) is 15.0. The summed E-state index contributed by atoms with van der Waals surface area (Å²) in [6.45, 7) is 8.16. The fourth-order valence-electron chi connectivity index (χ4n) is 3.05. The molecule has 2 aromatic carbocycles. The molecule has 136 valence electrons. The number of rotatable bonds is 6. The highest BCUT2D eigenvalue weighted by Gasteiger charge is 2.26. The minimum Gasteiger partial charge on any atom is -0.399 e. The van der Waals surface area contributed by atoms with Crippen LogP contribution in [0.3, 0.4) is 0 Å². The minimum atomic E-state index is -0.106. The van der Waals surface area contributed by atoms with Gasteiger partial charge in [-0.15, -0.1) is 0 Å². The van der Waals surface area contributed by atoms with Gasteiger partial charge in [0.15, 0.2) is 0 Å². The first-order chi connectivity index (χ1) is 12.4. The Labute approximate surface area is 154 Å². The summed E-state index contributed by atoms with van der Waals surface area (Å²) in [6.07, 6.45) is 0. The number of anilines is 3. The van der Waals surface area contributed by atoms with Gasteiger partial charge in [0, 0.05) is 34.9 Å². The van der Waals surface area contributed by atoms with Crippen molar-refractivity contribution < 1.29 is 4.79 Å². The lowest BCUT2D eigenvalue weighted by molar-refractivity contribution is -0.110. The van der Waals surface area contributed by atoms with E-state index in [0.717, 1.165) is 35.7 Å². The van der Waals surface area contributed by atoms with E-state index in [1.807, 2.05) is 31.2 Å². The second-order valence-corrected chi connectivity index (χ2v) is 7.11. The number of hydrogen-bond donors (Lipinski definition) is 4. The standard InChI is InChI=1S/C21H26N4O/c1-13(2)11-23-12-15-4-7-17(8-5-15)24-14(3)20-18-10-16(22)6-9-19(18)25-21(20)26/h4-10,13,23-24H,11-12,22H2,1-3H3,(H,25,26)/b20-14-. The summed E-state index contributed by atoms with van der Waals surface area (Å²) < 4.78 is 0. The van der Waals surface area contributed by atoms with Crippen LogP contribution < -0.4 is 21.7 Å². The SMILES string of the molecule is C/C(Nc1ccc(CNCC(C)C)cc1)=C1/C(=O)Nc2ccc(N)cc21. The first kappa shape index (κ1) is 18.0. The molecule has 1 amide bonds. The topological polar surface area (TPSA) is 79.2 Å². The molecule has 1 heterocycles. The molecule has 0 bridgehead atoms. The monoisotopic (exact) mass is 350 g/mol. The third kappa shape index (κ3) is 4.06. The lowest BCUT2D eigenvalue weighted by Crippen LogP contribution is -2.18. The van der Waals surface area contributed by atoms with Gasteiger partial charge in [0.2, 0.25) is 0 Å². The number of hydrogen-bond acceptors (Lipinski definition) is 4. The highest BCUT2D eigenvalue weighted by molar-refractivity contribution is 6.32. The van der Waals surface area contributed by atoms with Gasteiger partial charge in [-0.2, -0.15) is 0 Å². The van der Waals surface area contributed by atoms with Gasteiger partial charge in [-0.05, 0) is 55.3 Å². The van der Waals surface area contributed by atoms with Gasteiger partial charge in [-0.25, -0.2) is 0 Å². The maximum absolute atomic E-state index is 12.3. The summed E-state index contributed by atoms with van der Waals surface area (Å²) in [4.78, 5) is 12.3.